The summed E-state index contributed by atoms with van der Waals surface area (Å²) in [6, 6.07) is 1.47. The zero-order chi connectivity index (χ0) is 13.4. The van der Waals surface area contributed by atoms with Crippen molar-refractivity contribution in [2.24, 2.45) is 0 Å². The Hall–Kier alpha value is -1.43. The lowest BCUT2D eigenvalue weighted by molar-refractivity contribution is -0.139. The minimum atomic E-state index is -4.76. The van der Waals surface area contributed by atoms with E-state index in [9.17, 15) is 23.4 Å². The van der Waals surface area contributed by atoms with Crippen LogP contribution in [0.25, 0.3) is 0 Å². The van der Waals surface area contributed by atoms with Gasteiger partial charge in [0.25, 0.3) is 0 Å². The van der Waals surface area contributed by atoms with Gasteiger partial charge in [0.15, 0.2) is 0 Å². The van der Waals surface area contributed by atoms with Crippen LogP contribution in [0.5, 0.6) is 11.5 Å². The van der Waals surface area contributed by atoms with E-state index < -0.39 is 35.3 Å². The van der Waals surface area contributed by atoms with Gasteiger partial charge in [0.2, 0.25) is 0 Å². The van der Waals surface area contributed by atoms with Crippen LogP contribution >= 0.6 is 0 Å². The highest BCUT2D eigenvalue weighted by atomic mass is 19.4. The second kappa shape index (κ2) is 4.10. The Kier molecular flexibility index (Phi) is 3.29. The van der Waals surface area contributed by atoms with Crippen molar-refractivity contribution < 1.29 is 28.5 Å². The molecule has 0 spiro atoms. The van der Waals surface area contributed by atoms with E-state index in [4.69, 9.17) is 5.11 Å². The maximum atomic E-state index is 12.6. The first-order chi connectivity index (χ1) is 7.59. The Labute approximate surface area is 96.1 Å². The Morgan fingerprint density at radius 1 is 1.06 bits per heavy atom. The number of phenolic OH excluding ortho intramolecular Hbond substituents is 2. The molecule has 1 aromatic carbocycles. The average Bonchev–Trinajstić information content (AvgIpc) is 2.19. The number of hydrogen-bond donors (Lipinski definition) is 3. The lowest BCUT2D eigenvalue weighted by Crippen LogP contribution is -2.23. The molecule has 0 saturated heterocycles. The molecule has 0 aliphatic rings. The Bertz CT molecular complexity index is 425. The van der Waals surface area contributed by atoms with Crippen LogP contribution < -0.4 is 0 Å². The minimum Gasteiger partial charge on any atom is -0.508 e. The third-order valence-electron chi connectivity index (χ3n) is 2.52. The Morgan fingerprint density at radius 2 is 1.53 bits per heavy atom. The summed E-state index contributed by atoms with van der Waals surface area (Å²) in [7, 11) is 0. The number of hydrogen-bond acceptors (Lipinski definition) is 3. The second-order valence-electron chi connectivity index (χ2n) is 4.43. The van der Waals surface area contributed by atoms with Crippen LogP contribution in [0.3, 0.4) is 0 Å². The predicted octanol–water partition coefficient (Wildman–Crippen LogP) is 2.39. The zero-order valence-electron chi connectivity index (χ0n) is 9.34. The van der Waals surface area contributed by atoms with E-state index in [1.165, 1.54) is 13.8 Å². The van der Waals surface area contributed by atoms with Crippen molar-refractivity contribution in [1.82, 2.24) is 0 Å². The fourth-order valence-electron chi connectivity index (χ4n) is 1.44. The van der Waals surface area contributed by atoms with Gasteiger partial charge in [-0.15, -0.1) is 0 Å². The van der Waals surface area contributed by atoms with Crippen molar-refractivity contribution in [1.29, 1.82) is 0 Å². The first-order valence-corrected chi connectivity index (χ1v) is 4.84. The molecule has 1 rings (SSSR count). The van der Waals surface area contributed by atoms with Gasteiger partial charge in [0.1, 0.15) is 17.1 Å². The molecule has 0 heterocycles. The first kappa shape index (κ1) is 13.6. The Morgan fingerprint density at radius 3 is 1.94 bits per heavy atom. The summed E-state index contributed by atoms with van der Waals surface area (Å²) in [5.74, 6) is -1.57. The smallest absolute Gasteiger partial charge is 0.420 e. The fraction of sp³-hybridized carbons (Fsp3) is 0.455. The number of aliphatic hydroxyl groups is 1. The normalized spacial score (nSPS) is 12.8. The molecule has 0 bridgehead atoms. The summed E-state index contributed by atoms with van der Waals surface area (Å²) in [6.07, 6.45) is -4.76. The van der Waals surface area contributed by atoms with Crippen LogP contribution in [0.2, 0.25) is 0 Å². The fourth-order valence-corrected chi connectivity index (χ4v) is 1.44. The maximum Gasteiger partial charge on any atom is 0.420 e. The number of benzene rings is 1. The van der Waals surface area contributed by atoms with Crippen LogP contribution in [0, 0.1) is 0 Å². The van der Waals surface area contributed by atoms with E-state index >= 15 is 0 Å². The topological polar surface area (TPSA) is 60.7 Å². The molecule has 0 aliphatic heterocycles. The van der Waals surface area contributed by atoms with Crippen LogP contribution in [0.1, 0.15) is 25.0 Å². The van der Waals surface area contributed by atoms with Gasteiger partial charge < -0.3 is 15.3 Å². The first-order valence-electron chi connectivity index (χ1n) is 4.84. The van der Waals surface area contributed by atoms with Crippen molar-refractivity contribution in [3.8, 4) is 11.5 Å². The molecule has 0 radical (unpaired) electrons. The van der Waals surface area contributed by atoms with E-state index in [1.807, 2.05) is 0 Å². The molecule has 0 aromatic heterocycles. The molecule has 96 valence electrons. The van der Waals surface area contributed by atoms with E-state index in [-0.39, 0.29) is 5.56 Å². The van der Waals surface area contributed by atoms with Crippen molar-refractivity contribution in [2.75, 3.05) is 6.61 Å². The Balaban J connectivity index is 3.50. The molecule has 0 aliphatic carbocycles. The van der Waals surface area contributed by atoms with Gasteiger partial charge in [-0.3, -0.25) is 0 Å². The molecule has 0 atom stereocenters. The van der Waals surface area contributed by atoms with Crippen LogP contribution in [-0.2, 0) is 11.6 Å². The van der Waals surface area contributed by atoms with Gasteiger partial charge in [0.05, 0.1) is 6.61 Å². The molecular formula is C11H13F3O3. The van der Waals surface area contributed by atoms with Crippen molar-refractivity contribution in [3.63, 3.8) is 0 Å². The summed E-state index contributed by atoms with van der Waals surface area (Å²) in [5, 5.41) is 27.9. The summed E-state index contributed by atoms with van der Waals surface area (Å²) in [5.41, 5.74) is -2.54. The van der Waals surface area contributed by atoms with E-state index in [0.717, 1.165) is 6.07 Å². The van der Waals surface area contributed by atoms with Gasteiger partial charge >= 0.3 is 6.18 Å². The molecule has 17 heavy (non-hydrogen) atoms. The largest absolute Gasteiger partial charge is 0.508 e. The lowest BCUT2D eigenvalue weighted by Gasteiger charge is -2.25. The molecule has 3 nitrogen and oxygen atoms in total. The van der Waals surface area contributed by atoms with Crippen LogP contribution in [-0.4, -0.2) is 21.9 Å². The minimum absolute atomic E-state index is 0.146. The van der Waals surface area contributed by atoms with Gasteiger partial charge in [-0.1, -0.05) is 13.8 Å². The summed E-state index contributed by atoms with van der Waals surface area (Å²) < 4.78 is 37.7. The lowest BCUT2D eigenvalue weighted by atomic mass is 9.83. The second-order valence-corrected chi connectivity index (χ2v) is 4.43. The van der Waals surface area contributed by atoms with Gasteiger partial charge in [-0.25, -0.2) is 0 Å². The number of halogens is 3. The summed E-state index contributed by atoms with van der Waals surface area (Å²) >= 11 is 0. The number of aromatic hydroxyl groups is 2. The zero-order valence-corrected chi connectivity index (χ0v) is 9.34. The molecule has 0 unspecified atom stereocenters. The molecule has 1 aromatic rings. The molecule has 0 amide bonds. The van der Waals surface area contributed by atoms with Crippen molar-refractivity contribution in [3.05, 3.63) is 23.3 Å². The number of aliphatic hydroxyl groups excluding tert-OH is 1. The molecular weight excluding hydrogens is 237 g/mol. The van der Waals surface area contributed by atoms with Crippen molar-refractivity contribution in [2.45, 2.75) is 25.4 Å². The van der Waals surface area contributed by atoms with Gasteiger partial charge in [0, 0.05) is 11.0 Å². The van der Waals surface area contributed by atoms with Gasteiger partial charge in [-0.05, 0) is 12.1 Å². The van der Waals surface area contributed by atoms with Gasteiger partial charge in [-0.2, -0.15) is 13.2 Å². The number of alkyl halides is 3. The molecule has 6 heteroatoms. The highest BCUT2D eigenvalue weighted by Crippen LogP contribution is 2.43. The summed E-state index contributed by atoms with van der Waals surface area (Å²) in [6.45, 7) is 2.46. The van der Waals surface area contributed by atoms with Crippen molar-refractivity contribution >= 4 is 0 Å². The summed E-state index contributed by atoms with van der Waals surface area (Å²) in [4.78, 5) is 0. The third kappa shape index (κ3) is 2.63. The number of rotatable bonds is 2. The van der Waals surface area contributed by atoms with Crippen LogP contribution in [0.4, 0.5) is 13.2 Å². The number of phenols is 2. The maximum absolute atomic E-state index is 12.6. The predicted molar refractivity (Wildman–Crippen MR) is 54.9 cm³/mol. The van der Waals surface area contributed by atoms with E-state index in [2.05, 4.69) is 0 Å². The van der Waals surface area contributed by atoms with Crippen LogP contribution in [0.15, 0.2) is 12.1 Å². The standard InChI is InChI=1S/C11H13F3O3/c1-10(2,5-15)7-3-6(16)4-8(9(7)17)11(12,13)14/h3-4,15-17H,5H2,1-2H3. The highest BCUT2D eigenvalue weighted by molar-refractivity contribution is 5.50. The molecule has 0 saturated carbocycles. The van der Waals surface area contributed by atoms with E-state index in [1.54, 1.807) is 0 Å². The molecule has 3 N–H and O–H groups in total. The quantitative estimate of drug-likeness (QED) is 0.706. The highest BCUT2D eigenvalue weighted by Gasteiger charge is 2.37. The third-order valence-corrected chi connectivity index (χ3v) is 2.52. The SMILES string of the molecule is CC(C)(CO)c1cc(O)cc(C(F)(F)F)c1O. The molecule has 0 fully saturated rings. The average molecular weight is 250 g/mol. The monoisotopic (exact) mass is 250 g/mol. The van der Waals surface area contributed by atoms with E-state index in [0.29, 0.717) is 6.07 Å².